The number of carbonyl (C=O) groups excluding carboxylic acids is 2. The van der Waals surface area contributed by atoms with E-state index in [2.05, 4.69) is 15.4 Å². The van der Waals surface area contributed by atoms with Crippen LogP contribution in [0.2, 0.25) is 0 Å². The van der Waals surface area contributed by atoms with E-state index in [4.69, 9.17) is 4.74 Å². The Bertz CT molecular complexity index is 1180. The molecular formula is C24H25N3O5S. The largest absolute Gasteiger partial charge is 0.484 e. The molecule has 0 bridgehead atoms. The number of benzene rings is 3. The number of hydrogen-bond donors (Lipinski definition) is 3. The molecule has 0 aliphatic heterocycles. The molecule has 0 spiro atoms. The number of amides is 2. The smallest absolute Gasteiger partial charge is 0.262 e. The van der Waals surface area contributed by atoms with Crippen LogP contribution in [0.1, 0.15) is 12.5 Å². The molecule has 0 saturated heterocycles. The highest BCUT2D eigenvalue weighted by atomic mass is 32.2. The van der Waals surface area contributed by atoms with Gasteiger partial charge in [0.1, 0.15) is 5.75 Å². The van der Waals surface area contributed by atoms with Crippen molar-refractivity contribution in [2.75, 3.05) is 23.8 Å². The van der Waals surface area contributed by atoms with Gasteiger partial charge in [-0.05, 0) is 60.5 Å². The zero-order chi connectivity index (χ0) is 23.7. The van der Waals surface area contributed by atoms with Crippen LogP contribution in [0.25, 0.3) is 0 Å². The number of sulfonamides is 1. The van der Waals surface area contributed by atoms with Crippen LogP contribution in [0.4, 0.5) is 11.4 Å². The van der Waals surface area contributed by atoms with Crippen LogP contribution in [0, 0.1) is 0 Å². The standard InChI is InChI=1S/C24H25N3O5S/c1-18(28)26-20-7-9-21(10-8-20)27-24(29)17-32-22-11-13-23(14-12-22)33(30,31)25-16-15-19-5-3-2-4-6-19/h2-14,25H,15-17H2,1H3,(H,26,28)(H,27,29). The third-order valence-corrected chi connectivity index (χ3v) is 6.02. The lowest BCUT2D eigenvalue weighted by molar-refractivity contribution is -0.118. The minimum atomic E-state index is -3.64. The molecule has 0 fully saturated rings. The maximum Gasteiger partial charge on any atom is 0.262 e. The predicted molar refractivity (Wildman–Crippen MR) is 127 cm³/mol. The summed E-state index contributed by atoms with van der Waals surface area (Å²) in [5.74, 6) is -0.182. The number of anilines is 2. The van der Waals surface area contributed by atoms with Crippen LogP contribution in [0.5, 0.6) is 5.75 Å². The lowest BCUT2D eigenvalue weighted by Gasteiger charge is -2.10. The Labute approximate surface area is 193 Å². The fourth-order valence-corrected chi connectivity index (χ4v) is 3.99. The first-order valence-corrected chi connectivity index (χ1v) is 11.7. The Morgan fingerprint density at radius 2 is 1.42 bits per heavy atom. The van der Waals surface area contributed by atoms with E-state index >= 15 is 0 Å². The number of nitrogens with one attached hydrogen (secondary N) is 3. The molecule has 8 nitrogen and oxygen atoms in total. The number of carbonyl (C=O) groups is 2. The Morgan fingerprint density at radius 3 is 2.03 bits per heavy atom. The summed E-state index contributed by atoms with van der Waals surface area (Å²) in [6.45, 7) is 1.46. The summed E-state index contributed by atoms with van der Waals surface area (Å²) in [7, 11) is -3.64. The van der Waals surface area contributed by atoms with Crippen molar-refractivity contribution in [2.24, 2.45) is 0 Å². The maximum atomic E-state index is 12.4. The normalized spacial score (nSPS) is 10.9. The summed E-state index contributed by atoms with van der Waals surface area (Å²) in [6.07, 6.45) is 0.590. The first kappa shape index (κ1) is 24.0. The quantitative estimate of drug-likeness (QED) is 0.424. The van der Waals surface area contributed by atoms with Gasteiger partial charge < -0.3 is 15.4 Å². The molecule has 0 radical (unpaired) electrons. The van der Waals surface area contributed by atoms with E-state index in [-0.39, 0.29) is 29.9 Å². The van der Waals surface area contributed by atoms with E-state index in [9.17, 15) is 18.0 Å². The Kier molecular flexibility index (Phi) is 8.17. The van der Waals surface area contributed by atoms with Crippen LogP contribution in [-0.4, -0.2) is 33.4 Å². The number of rotatable bonds is 10. The third-order valence-electron chi connectivity index (χ3n) is 4.54. The van der Waals surface area contributed by atoms with Gasteiger partial charge in [-0.3, -0.25) is 9.59 Å². The second-order valence-corrected chi connectivity index (χ2v) is 8.97. The second-order valence-electron chi connectivity index (χ2n) is 7.20. The van der Waals surface area contributed by atoms with Crippen LogP contribution in [-0.2, 0) is 26.0 Å². The van der Waals surface area contributed by atoms with Crippen molar-refractivity contribution < 1.29 is 22.7 Å². The first-order chi connectivity index (χ1) is 15.8. The summed E-state index contributed by atoms with van der Waals surface area (Å²) >= 11 is 0. The molecule has 0 saturated carbocycles. The molecule has 3 rings (SSSR count). The molecule has 0 heterocycles. The number of hydrogen-bond acceptors (Lipinski definition) is 5. The van der Waals surface area contributed by atoms with Crippen LogP contribution < -0.4 is 20.1 Å². The summed E-state index contributed by atoms with van der Waals surface area (Å²) in [4.78, 5) is 23.3. The highest BCUT2D eigenvalue weighted by Crippen LogP contribution is 2.17. The lowest BCUT2D eigenvalue weighted by Crippen LogP contribution is -2.26. The van der Waals surface area contributed by atoms with E-state index in [0.29, 0.717) is 23.5 Å². The van der Waals surface area contributed by atoms with Crippen LogP contribution >= 0.6 is 0 Å². The van der Waals surface area contributed by atoms with E-state index in [1.54, 1.807) is 24.3 Å². The van der Waals surface area contributed by atoms with Gasteiger partial charge in [-0.1, -0.05) is 30.3 Å². The minimum Gasteiger partial charge on any atom is -0.484 e. The highest BCUT2D eigenvalue weighted by Gasteiger charge is 2.13. The summed E-state index contributed by atoms with van der Waals surface area (Å²) < 4.78 is 32.9. The predicted octanol–water partition coefficient (Wildman–Crippen LogP) is 3.18. The third kappa shape index (κ3) is 7.74. The monoisotopic (exact) mass is 467 g/mol. The van der Waals surface area contributed by atoms with Gasteiger partial charge in [0.25, 0.3) is 5.91 Å². The molecule has 172 valence electrons. The highest BCUT2D eigenvalue weighted by molar-refractivity contribution is 7.89. The molecular weight excluding hydrogens is 442 g/mol. The van der Waals surface area contributed by atoms with E-state index in [0.717, 1.165) is 5.56 Å². The van der Waals surface area contributed by atoms with E-state index in [1.807, 2.05) is 30.3 Å². The lowest BCUT2D eigenvalue weighted by atomic mass is 10.2. The maximum absolute atomic E-state index is 12.4. The van der Waals surface area contributed by atoms with Gasteiger partial charge >= 0.3 is 0 Å². The topological polar surface area (TPSA) is 114 Å². The van der Waals surface area contributed by atoms with Crippen molar-refractivity contribution in [1.82, 2.24) is 4.72 Å². The van der Waals surface area contributed by atoms with Crippen molar-refractivity contribution in [2.45, 2.75) is 18.2 Å². The van der Waals surface area contributed by atoms with Crippen molar-refractivity contribution in [3.8, 4) is 5.75 Å². The Balaban J connectivity index is 1.46. The molecule has 0 atom stereocenters. The molecule has 3 N–H and O–H groups in total. The van der Waals surface area contributed by atoms with Crippen LogP contribution in [0.15, 0.2) is 83.8 Å². The molecule has 0 aliphatic rings. The minimum absolute atomic E-state index is 0.117. The van der Waals surface area contributed by atoms with Gasteiger partial charge in [0.05, 0.1) is 4.90 Å². The van der Waals surface area contributed by atoms with Crippen molar-refractivity contribution >= 4 is 33.2 Å². The second kappa shape index (κ2) is 11.3. The summed E-state index contributed by atoms with van der Waals surface area (Å²) in [5.41, 5.74) is 2.23. The number of ether oxygens (including phenoxy) is 1. The average molecular weight is 468 g/mol. The average Bonchev–Trinajstić information content (AvgIpc) is 2.79. The first-order valence-electron chi connectivity index (χ1n) is 10.3. The van der Waals surface area contributed by atoms with Gasteiger partial charge in [-0.25, -0.2) is 13.1 Å². The molecule has 0 aromatic heterocycles. The van der Waals surface area contributed by atoms with Crippen LogP contribution in [0.3, 0.4) is 0 Å². The van der Waals surface area contributed by atoms with Gasteiger partial charge in [0.2, 0.25) is 15.9 Å². The zero-order valence-electron chi connectivity index (χ0n) is 18.1. The Morgan fingerprint density at radius 1 is 0.818 bits per heavy atom. The molecule has 2 amide bonds. The zero-order valence-corrected chi connectivity index (χ0v) is 18.9. The summed E-state index contributed by atoms with van der Waals surface area (Å²) in [5, 5.41) is 5.32. The van der Waals surface area contributed by atoms with E-state index in [1.165, 1.54) is 31.2 Å². The van der Waals surface area contributed by atoms with Gasteiger partial charge in [-0.2, -0.15) is 0 Å². The van der Waals surface area contributed by atoms with Gasteiger partial charge in [-0.15, -0.1) is 0 Å². The fraction of sp³-hybridized carbons (Fsp3) is 0.167. The Hall–Kier alpha value is -3.69. The van der Waals surface area contributed by atoms with Crippen molar-refractivity contribution in [3.05, 3.63) is 84.4 Å². The molecule has 0 aliphatic carbocycles. The molecule has 3 aromatic carbocycles. The van der Waals surface area contributed by atoms with E-state index < -0.39 is 10.0 Å². The fourth-order valence-electron chi connectivity index (χ4n) is 2.96. The summed E-state index contributed by atoms with van der Waals surface area (Å²) in [6, 6.07) is 22.1. The van der Waals surface area contributed by atoms with Gasteiger partial charge in [0.15, 0.2) is 6.61 Å². The molecule has 3 aromatic rings. The molecule has 9 heteroatoms. The molecule has 0 unspecified atom stereocenters. The van der Waals surface area contributed by atoms with Gasteiger partial charge in [0, 0.05) is 24.8 Å². The van der Waals surface area contributed by atoms with Crippen molar-refractivity contribution in [1.29, 1.82) is 0 Å². The SMILES string of the molecule is CC(=O)Nc1ccc(NC(=O)COc2ccc(S(=O)(=O)NCCc3ccccc3)cc2)cc1. The van der Waals surface area contributed by atoms with Crippen molar-refractivity contribution in [3.63, 3.8) is 0 Å². The molecule has 33 heavy (non-hydrogen) atoms.